The van der Waals surface area contributed by atoms with Gasteiger partial charge >= 0.3 is 0 Å². The minimum Gasteiger partial charge on any atom is -0.744 e. The fraction of sp³-hybridized carbons (Fsp3) is 0.667. The molecule has 22 heavy (non-hydrogen) atoms. The van der Waals surface area contributed by atoms with Crippen molar-refractivity contribution in [1.29, 1.82) is 0 Å². The molecule has 0 aliphatic rings. The average molecular weight is 325 g/mol. The van der Waals surface area contributed by atoms with Crippen LogP contribution in [0.5, 0.6) is 0 Å². The zero-order valence-electron chi connectivity index (χ0n) is 13.7. The Hall–Kier alpha value is -0.870. The summed E-state index contributed by atoms with van der Waals surface area (Å²) in [6.45, 7) is 2.24. The molecule has 1 aromatic carbocycles. The molecule has 126 valence electrons. The number of rotatable bonds is 12. The van der Waals surface area contributed by atoms with E-state index in [2.05, 4.69) is 6.92 Å². The third-order valence-corrected chi connectivity index (χ3v) is 4.84. The van der Waals surface area contributed by atoms with Crippen LogP contribution >= 0.6 is 0 Å². The number of benzene rings is 1. The van der Waals surface area contributed by atoms with Crippen LogP contribution in [0.4, 0.5) is 0 Å². The van der Waals surface area contributed by atoms with Gasteiger partial charge < -0.3 is 4.55 Å². The molecule has 0 fully saturated rings. The normalized spacial score (nSPS) is 11.7. The second-order valence-electron chi connectivity index (χ2n) is 6.03. The van der Waals surface area contributed by atoms with Gasteiger partial charge in [-0.3, -0.25) is 0 Å². The predicted molar refractivity (Wildman–Crippen MR) is 90.0 cm³/mol. The summed E-state index contributed by atoms with van der Waals surface area (Å²) in [5.74, 6) is 0. The minimum absolute atomic E-state index is 0.114. The summed E-state index contributed by atoms with van der Waals surface area (Å²) in [6, 6.07) is 6.42. The second kappa shape index (κ2) is 10.8. The summed E-state index contributed by atoms with van der Waals surface area (Å²) in [4.78, 5) is -0.114. The highest BCUT2D eigenvalue weighted by Gasteiger charge is 2.02. The average Bonchev–Trinajstić information content (AvgIpc) is 2.49. The van der Waals surface area contributed by atoms with Crippen LogP contribution < -0.4 is 0 Å². The molecule has 0 bridgehead atoms. The molecule has 0 unspecified atom stereocenters. The predicted octanol–water partition coefficient (Wildman–Crippen LogP) is 5.05. The van der Waals surface area contributed by atoms with E-state index in [4.69, 9.17) is 0 Å². The lowest BCUT2D eigenvalue weighted by atomic mass is 10.0. The standard InChI is InChI=1S/C18H30O3S/c1-2-3-4-5-6-7-8-9-10-11-13-17-14-12-15-18(16-17)22(19,20)21/h12,14-16H,2-11,13H2,1H3,(H,19,20,21)/p-1. The van der Waals surface area contributed by atoms with Gasteiger partial charge in [-0.15, -0.1) is 0 Å². The van der Waals surface area contributed by atoms with Crippen LogP contribution in [-0.4, -0.2) is 13.0 Å². The maximum Gasteiger partial charge on any atom is 0.124 e. The Morgan fingerprint density at radius 3 is 1.95 bits per heavy atom. The van der Waals surface area contributed by atoms with Crippen LogP contribution in [0.25, 0.3) is 0 Å². The fourth-order valence-electron chi connectivity index (χ4n) is 2.67. The van der Waals surface area contributed by atoms with Crippen molar-refractivity contribution in [3.05, 3.63) is 29.8 Å². The first-order valence-electron chi connectivity index (χ1n) is 8.59. The largest absolute Gasteiger partial charge is 0.744 e. The van der Waals surface area contributed by atoms with Gasteiger partial charge in [0.1, 0.15) is 10.1 Å². The van der Waals surface area contributed by atoms with Gasteiger partial charge in [-0.1, -0.05) is 76.8 Å². The van der Waals surface area contributed by atoms with Gasteiger partial charge in [0.25, 0.3) is 0 Å². The summed E-state index contributed by atoms with van der Waals surface area (Å²) in [5.41, 5.74) is 0.941. The third kappa shape index (κ3) is 8.54. The molecule has 0 amide bonds. The van der Waals surface area contributed by atoms with E-state index in [0.717, 1.165) is 18.4 Å². The minimum atomic E-state index is -4.33. The monoisotopic (exact) mass is 325 g/mol. The van der Waals surface area contributed by atoms with Crippen LogP contribution in [0, 0.1) is 0 Å². The lowest BCUT2D eigenvalue weighted by Crippen LogP contribution is -1.99. The van der Waals surface area contributed by atoms with Crippen LogP contribution in [0.15, 0.2) is 29.2 Å². The molecule has 3 nitrogen and oxygen atoms in total. The van der Waals surface area contributed by atoms with Crippen molar-refractivity contribution >= 4 is 10.1 Å². The van der Waals surface area contributed by atoms with Gasteiger partial charge in [0.05, 0.1) is 4.90 Å². The Morgan fingerprint density at radius 1 is 0.864 bits per heavy atom. The summed E-state index contributed by atoms with van der Waals surface area (Å²) in [6.07, 6.45) is 13.7. The molecule has 1 aromatic rings. The van der Waals surface area contributed by atoms with Gasteiger partial charge in [-0.05, 0) is 30.5 Å². The first-order chi connectivity index (χ1) is 10.5. The Bertz CT molecular complexity index is 509. The number of hydrogen-bond donors (Lipinski definition) is 0. The zero-order valence-corrected chi connectivity index (χ0v) is 14.5. The molecule has 4 heteroatoms. The topological polar surface area (TPSA) is 57.2 Å². The Labute approximate surface area is 135 Å². The molecular weight excluding hydrogens is 296 g/mol. The molecule has 0 spiro atoms. The molecule has 0 saturated heterocycles. The molecule has 1 rings (SSSR count). The summed E-state index contributed by atoms with van der Waals surface area (Å²) in [7, 11) is -4.33. The van der Waals surface area contributed by atoms with Crippen molar-refractivity contribution in [2.24, 2.45) is 0 Å². The smallest absolute Gasteiger partial charge is 0.124 e. The maximum absolute atomic E-state index is 11.0. The van der Waals surface area contributed by atoms with E-state index in [-0.39, 0.29) is 4.90 Å². The Balaban J connectivity index is 2.10. The van der Waals surface area contributed by atoms with Gasteiger partial charge in [-0.25, -0.2) is 8.42 Å². The molecular formula is C18H29O3S-. The van der Waals surface area contributed by atoms with Crippen LogP contribution in [-0.2, 0) is 16.5 Å². The lowest BCUT2D eigenvalue weighted by molar-refractivity contribution is 0.463. The molecule has 0 radical (unpaired) electrons. The van der Waals surface area contributed by atoms with Crippen LogP contribution in [0.3, 0.4) is 0 Å². The molecule has 0 aliphatic heterocycles. The first-order valence-corrected chi connectivity index (χ1v) is 9.99. The zero-order chi connectivity index (χ0) is 16.3. The molecule has 0 atom stereocenters. The number of hydrogen-bond acceptors (Lipinski definition) is 3. The number of aryl methyl sites for hydroxylation is 1. The van der Waals surface area contributed by atoms with E-state index < -0.39 is 10.1 Å². The first kappa shape index (κ1) is 19.2. The van der Waals surface area contributed by atoms with Crippen molar-refractivity contribution in [2.45, 2.75) is 82.4 Å². The summed E-state index contributed by atoms with van der Waals surface area (Å²) >= 11 is 0. The van der Waals surface area contributed by atoms with Gasteiger partial charge in [0.15, 0.2) is 0 Å². The van der Waals surface area contributed by atoms with Crippen molar-refractivity contribution in [3.63, 3.8) is 0 Å². The van der Waals surface area contributed by atoms with E-state index in [9.17, 15) is 13.0 Å². The van der Waals surface area contributed by atoms with Gasteiger partial charge in [0.2, 0.25) is 0 Å². The highest BCUT2D eigenvalue weighted by Crippen LogP contribution is 2.15. The van der Waals surface area contributed by atoms with Gasteiger partial charge in [0, 0.05) is 0 Å². The van der Waals surface area contributed by atoms with E-state index in [1.165, 1.54) is 69.9 Å². The molecule has 0 saturated carbocycles. The van der Waals surface area contributed by atoms with Crippen molar-refractivity contribution in [2.75, 3.05) is 0 Å². The van der Waals surface area contributed by atoms with Crippen LogP contribution in [0.2, 0.25) is 0 Å². The molecule has 0 aliphatic carbocycles. The van der Waals surface area contributed by atoms with E-state index >= 15 is 0 Å². The number of unbranched alkanes of at least 4 members (excludes halogenated alkanes) is 9. The second-order valence-corrected chi connectivity index (χ2v) is 7.41. The molecule has 0 N–H and O–H groups in total. The summed E-state index contributed by atoms with van der Waals surface area (Å²) in [5, 5.41) is 0. The highest BCUT2D eigenvalue weighted by atomic mass is 32.2. The summed E-state index contributed by atoms with van der Waals surface area (Å²) < 4.78 is 32.9. The molecule has 0 aromatic heterocycles. The highest BCUT2D eigenvalue weighted by molar-refractivity contribution is 7.85. The SMILES string of the molecule is CCCCCCCCCCCCc1cccc(S(=O)(=O)[O-])c1. The van der Waals surface area contributed by atoms with E-state index in [0.29, 0.717) is 0 Å². The van der Waals surface area contributed by atoms with Crippen molar-refractivity contribution in [1.82, 2.24) is 0 Å². The molecule has 0 heterocycles. The Morgan fingerprint density at radius 2 is 1.41 bits per heavy atom. The quantitative estimate of drug-likeness (QED) is 0.399. The third-order valence-electron chi connectivity index (χ3n) is 4.01. The fourth-order valence-corrected chi connectivity index (χ4v) is 3.21. The lowest BCUT2D eigenvalue weighted by Gasteiger charge is -2.09. The van der Waals surface area contributed by atoms with Gasteiger partial charge in [-0.2, -0.15) is 0 Å². The maximum atomic E-state index is 11.0. The van der Waals surface area contributed by atoms with E-state index in [1.807, 2.05) is 6.07 Å². The van der Waals surface area contributed by atoms with Crippen molar-refractivity contribution in [3.8, 4) is 0 Å². The Kier molecular flexibility index (Phi) is 9.41. The van der Waals surface area contributed by atoms with E-state index in [1.54, 1.807) is 6.07 Å². The van der Waals surface area contributed by atoms with Crippen molar-refractivity contribution < 1.29 is 13.0 Å². The van der Waals surface area contributed by atoms with Crippen LogP contribution in [0.1, 0.15) is 76.7 Å².